The van der Waals surface area contributed by atoms with Crippen LogP contribution in [0.1, 0.15) is 25.8 Å². The Morgan fingerprint density at radius 3 is 2.39 bits per heavy atom. The van der Waals surface area contributed by atoms with E-state index in [1.165, 1.54) is 12.0 Å². The first-order valence-corrected chi connectivity index (χ1v) is 6.71. The first-order valence-electron chi connectivity index (χ1n) is 6.71. The number of hydrogen-bond donors (Lipinski definition) is 1. The van der Waals surface area contributed by atoms with E-state index in [0.717, 1.165) is 31.8 Å². The Hall–Kier alpha value is -1.06. The van der Waals surface area contributed by atoms with Crippen LogP contribution in [0.25, 0.3) is 0 Å². The molecule has 3 heteroatoms. The van der Waals surface area contributed by atoms with Crippen molar-refractivity contribution in [2.45, 2.75) is 32.7 Å². The second-order valence-corrected chi connectivity index (χ2v) is 4.97. The molecule has 0 fully saturated rings. The van der Waals surface area contributed by atoms with Crippen LogP contribution in [0, 0.1) is 0 Å². The van der Waals surface area contributed by atoms with E-state index < -0.39 is 0 Å². The third-order valence-corrected chi connectivity index (χ3v) is 3.20. The fourth-order valence-electron chi connectivity index (χ4n) is 2.01. The van der Waals surface area contributed by atoms with Crippen LogP contribution >= 0.6 is 0 Å². The molecule has 0 spiro atoms. The van der Waals surface area contributed by atoms with Gasteiger partial charge >= 0.3 is 0 Å². The molecule has 0 saturated carbocycles. The van der Waals surface area contributed by atoms with Crippen molar-refractivity contribution in [1.29, 1.82) is 0 Å². The summed E-state index contributed by atoms with van der Waals surface area (Å²) in [5.41, 5.74) is 7.87. The maximum Gasteiger partial charge on any atom is 0.0589 e. The Balaban J connectivity index is 2.31. The van der Waals surface area contributed by atoms with Gasteiger partial charge in [0.1, 0.15) is 0 Å². The Morgan fingerprint density at radius 1 is 1.17 bits per heavy atom. The average Bonchev–Trinajstić information content (AvgIpc) is 2.35. The lowest BCUT2D eigenvalue weighted by Gasteiger charge is -2.26. The lowest BCUT2D eigenvalue weighted by molar-refractivity contribution is 0.129. The highest BCUT2D eigenvalue weighted by Crippen LogP contribution is 2.09. The Morgan fingerprint density at radius 2 is 1.83 bits per heavy atom. The van der Waals surface area contributed by atoms with E-state index >= 15 is 0 Å². The standard InChI is InChI=1S/C15H26N2O/c1-13(2)17(11-12-18-3)10-4-5-14-6-8-15(16)9-7-14/h6-9,13H,4-5,10-12,16H2,1-3H3. The predicted molar refractivity (Wildman–Crippen MR) is 77.8 cm³/mol. The molecule has 0 aliphatic heterocycles. The van der Waals surface area contributed by atoms with Crippen LogP contribution in [-0.4, -0.2) is 37.7 Å². The number of benzene rings is 1. The van der Waals surface area contributed by atoms with Gasteiger partial charge in [-0.15, -0.1) is 0 Å². The lowest BCUT2D eigenvalue weighted by Crippen LogP contribution is -2.34. The van der Waals surface area contributed by atoms with Crippen molar-refractivity contribution < 1.29 is 4.74 Å². The smallest absolute Gasteiger partial charge is 0.0589 e. The molecule has 0 aromatic heterocycles. The van der Waals surface area contributed by atoms with Gasteiger partial charge in [0.05, 0.1) is 6.61 Å². The summed E-state index contributed by atoms with van der Waals surface area (Å²) in [6.45, 7) is 7.40. The van der Waals surface area contributed by atoms with Crippen molar-refractivity contribution in [3.8, 4) is 0 Å². The van der Waals surface area contributed by atoms with Gasteiger partial charge in [-0.05, 0) is 50.9 Å². The summed E-state index contributed by atoms with van der Waals surface area (Å²) in [7, 11) is 1.76. The molecule has 0 amide bonds. The number of nitrogens with zero attached hydrogens (tertiary/aromatic N) is 1. The van der Waals surface area contributed by atoms with Crippen molar-refractivity contribution in [2.75, 3.05) is 32.5 Å². The van der Waals surface area contributed by atoms with Gasteiger partial charge in [0, 0.05) is 25.4 Å². The van der Waals surface area contributed by atoms with Gasteiger partial charge in [0.2, 0.25) is 0 Å². The number of rotatable bonds is 8. The highest BCUT2D eigenvalue weighted by molar-refractivity contribution is 5.39. The molecule has 2 N–H and O–H groups in total. The number of nitrogens with two attached hydrogens (primary N) is 1. The molecule has 0 heterocycles. The van der Waals surface area contributed by atoms with E-state index in [0.29, 0.717) is 6.04 Å². The topological polar surface area (TPSA) is 38.5 Å². The van der Waals surface area contributed by atoms with Crippen molar-refractivity contribution in [3.63, 3.8) is 0 Å². The monoisotopic (exact) mass is 250 g/mol. The summed E-state index contributed by atoms with van der Waals surface area (Å²) in [5.74, 6) is 0. The summed E-state index contributed by atoms with van der Waals surface area (Å²) in [4.78, 5) is 2.46. The quantitative estimate of drug-likeness (QED) is 0.721. The molecule has 18 heavy (non-hydrogen) atoms. The molecule has 102 valence electrons. The summed E-state index contributed by atoms with van der Waals surface area (Å²) >= 11 is 0. The van der Waals surface area contributed by atoms with Crippen molar-refractivity contribution in [3.05, 3.63) is 29.8 Å². The summed E-state index contributed by atoms with van der Waals surface area (Å²) < 4.78 is 5.14. The number of aryl methyl sites for hydroxylation is 1. The molecule has 0 unspecified atom stereocenters. The van der Waals surface area contributed by atoms with Gasteiger partial charge in [0.15, 0.2) is 0 Å². The maximum atomic E-state index is 5.68. The van der Waals surface area contributed by atoms with E-state index in [4.69, 9.17) is 10.5 Å². The third-order valence-electron chi connectivity index (χ3n) is 3.20. The number of methoxy groups -OCH3 is 1. The van der Waals surface area contributed by atoms with Crippen LogP contribution < -0.4 is 5.73 Å². The fraction of sp³-hybridized carbons (Fsp3) is 0.600. The number of anilines is 1. The van der Waals surface area contributed by atoms with Crippen LogP contribution in [0.15, 0.2) is 24.3 Å². The summed E-state index contributed by atoms with van der Waals surface area (Å²) in [6.07, 6.45) is 2.28. The zero-order chi connectivity index (χ0) is 13.4. The Bertz CT molecular complexity index is 322. The first kappa shape index (κ1) is 15.0. The fourth-order valence-corrected chi connectivity index (χ4v) is 2.01. The van der Waals surface area contributed by atoms with Gasteiger partial charge in [-0.2, -0.15) is 0 Å². The number of nitrogen functional groups attached to an aromatic ring is 1. The number of hydrogen-bond acceptors (Lipinski definition) is 3. The molecular weight excluding hydrogens is 224 g/mol. The maximum absolute atomic E-state index is 5.68. The molecule has 3 nitrogen and oxygen atoms in total. The largest absolute Gasteiger partial charge is 0.399 e. The van der Waals surface area contributed by atoms with Crippen LogP contribution in [0.5, 0.6) is 0 Å². The SMILES string of the molecule is COCCN(CCCc1ccc(N)cc1)C(C)C. The molecule has 0 aliphatic carbocycles. The minimum atomic E-state index is 0.576. The van der Waals surface area contributed by atoms with E-state index in [1.807, 2.05) is 12.1 Å². The second-order valence-electron chi connectivity index (χ2n) is 4.97. The van der Waals surface area contributed by atoms with Crippen LogP contribution in [-0.2, 0) is 11.2 Å². The van der Waals surface area contributed by atoms with Crippen molar-refractivity contribution in [1.82, 2.24) is 4.90 Å². The van der Waals surface area contributed by atoms with E-state index in [2.05, 4.69) is 30.9 Å². The molecule has 0 atom stereocenters. The zero-order valence-electron chi connectivity index (χ0n) is 11.9. The van der Waals surface area contributed by atoms with Gasteiger partial charge < -0.3 is 10.5 Å². The number of ether oxygens (including phenoxy) is 1. The third kappa shape index (κ3) is 5.52. The molecular formula is C15H26N2O. The normalized spacial score (nSPS) is 11.4. The molecule has 0 saturated heterocycles. The molecule has 1 rings (SSSR count). The lowest BCUT2D eigenvalue weighted by atomic mass is 10.1. The van der Waals surface area contributed by atoms with E-state index in [1.54, 1.807) is 7.11 Å². The van der Waals surface area contributed by atoms with Crippen molar-refractivity contribution in [2.24, 2.45) is 0 Å². The zero-order valence-corrected chi connectivity index (χ0v) is 11.9. The first-order chi connectivity index (χ1) is 8.63. The minimum Gasteiger partial charge on any atom is -0.399 e. The van der Waals surface area contributed by atoms with Crippen LogP contribution in [0.4, 0.5) is 5.69 Å². The van der Waals surface area contributed by atoms with Gasteiger partial charge in [-0.3, -0.25) is 4.90 Å². The molecule has 0 radical (unpaired) electrons. The minimum absolute atomic E-state index is 0.576. The molecule has 0 bridgehead atoms. The van der Waals surface area contributed by atoms with Gasteiger partial charge in [-0.1, -0.05) is 12.1 Å². The second kappa shape index (κ2) is 8.11. The van der Waals surface area contributed by atoms with Gasteiger partial charge in [-0.25, -0.2) is 0 Å². The highest BCUT2D eigenvalue weighted by atomic mass is 16.5. The van der Waals surface area contributed by atoms with E-state index in [9.17, 15) is 0 Å². The molecule has 1 aromatic carbocycles. The Kier molecular flexibility index (Phi) is 6.76. The Labute approximate surface area is 111 Å². The molecule has 0 aliphatic rings. The highest BCUT2D eigenvalue weighted by Gasteiger charge is 2.08. The summed E-state index contributed by atoms with van der Waals surface area (Å²) in [5, 5.41) is 0. The van der Waals surface area contributed by atoms with E-state index in [-0.39, 0.29) is 0 Å². The predicted octanol–water partition coefficient (Wildman–Crippen LogP) is 2.56. The molecule has 1 aromatic rings. The summed E-state index contributed by atoms with van der Waals surface area (Å²) in [6, 6.07) is 8.75. The van der Waals surface area contributed by atoms with Gasteiger partial charge in [0.25, 0.3) is 0 Å². The van der Waals surface area contributed by atoms with Crippen molar-refractivity contribution >= 4 is 5.69 Å². The average molecular weight is 250 g/mol. The van der Waals surface area contributed by atoms with Crippen LogP contribution in [0.3, 0.4) is 0 Å². The van der Waals surface area contributed by atoms with Crippen LogP contribution in [0.2, 0.25) is 0 Å².